The fraction of sp³-hybridized carbons (Fsp3) is 0.533. The highest BCUT2D eigenvalue weighted by molar-refractivity contribution is 6.34. The van der Waals surface area contributed by atoms with Crippen molar-refractivity contribution >= 4 is 23.2 Å². The van der Waals surface area contributed by atoms with E-state index in [9.17, 15) is 9.90 Å². The lowest BCUT2D eigenvalue weighted by atomic mass is 9.75. The first-order valence-corrected chi connectivity index (χ1v) is 7.11. The number of phenols is 1. The number of phenolic OH excluding ortho intramolecular Hbond substituents is 1. The molecule has 4 heteroatoms. The molecule has 19 heavy (non-hydrogen) atoms. The second kappa shape index (κ2) is 5.41. The van der Waals surface area contributed by atoms with Crippen molar-refractivity contribution in [2.24, 2.45) is 5.41 Å². The van der Waals surface area contributed by atoms with Crippen LogP contribution in [0.1, 0.15) is 44.6 Å². The number of nitrogens with one attached hydrogen (secondary N) is 1. The number of benzene rings is 1. The zero-order valence-electron chi connectivity index (χ0n) is 11.4. The molecular weight excluding hydrogens is 262 g/mol. The minimum absolute atomic E-state index is 0.000833. The van der Waals surface area contributed by atoms with Crippen LogP contribution in [0.4, 0.5) is 5.69 Å². The van der Waals surface area contributed by atoms with Crippen LogP contribution in [0.2, 0.25) is 5.02 Å². The summed E-state index contributed by atoms with van der Waals surface area (Å²) in [4.78, 5) is 12.4. The van der Waals surface area contributed by atoms with Crippen LogP contribution in [0.3, 0.4) is 0 Å². The molecule has 0 spiro atoms. The van der Waals surface area contributed by atoms with Gasteiger partial charge in [0.25, 0.3) is 0 Å². The van der Waals surface area contributed by atoms with Gasteiger partial charge in [0.1, 0.15) is 5.75 Å². The summed E-state index contributed by atoms with van der Waals surface area (Å²) in [5.41, 5.74) is 0.933. The smallest absolute Gasteiger partial charge is 0.230 e. The van der Waals surface area contributed by atoms with Crippen LogP contribution in [0, 0.1) is 12.3 Å². The van der Waals surface area contributed by atoms with E-state index in [0.29, 0.717) is 10.7 Å². The fourth-order valence-corrected chi connectivity index (χ4v) is 2.83. The van der Waals surface area contributed by atoms with Crippen LogP contribution in [-0.4, -0.2) is 11.0 Å². The molecule has 0 aromatic heterocycles. The summed E-state index contributed by atoms with van der Waals surface area (Å²) in [5, 5.41) is 13.0. The highest BCUT2D eigenvalue weighted by Gasteiger charge is 2.34. The van der Waals surface area contributed by atoms with Crippen molar-refractivity contribution in [3.63, 3.8) is 0 Å². The number of anilines is 1. The van der Waals surface area contributed by atoms with Crippen LogP contribution in [-0.2, 0) is 4.79 Å². The molecule has 1 saturated carbocycles. The predicted molar refractivity (Wildman–Crippen MR) is 77.7 cm³/mol. The number of aromatic hydroxyl groups is 1. The van der Waals surface area contributed by atoms with Crippen molar-refractivity contribution in [2.45, 2.75) is 46.0 Å². The predicted octanol–water partition coefficient (Wildman–Crippen LogP) is 4.26. The summed E-state index contributed by atoms with van der Waals surface area (Å²) in [7, 11) is 0. The number of hydrogen-bond donors (Lipinski definition) is 2. The third-order valence-corrected chi connectivity index (χ3v) is 4.49. The minimum atomic E-state index is -0.319. The summed E-state index contributed by atoms with van der Waals surface area (Å²) < 4.78 is 0. The highest BCUT2D eigenvalue weighted by atomic mass is 35.5. The number of hydrogen-bond acceptors (Lipinski definition) is 2. The van der Waals surface area contributed by atoms with E-state index in [-0.39, 0.29) is 17.1 Å². The molecule has 0 saturated heterocycles. The Morgan fingerprint density at radius 3 is 2.58 bits per heavy atom. The third kappa shape index (κ3) is 3.03. The standard InChI is InChI=1S/C15H20ClNO2/c1-10-8-11(18)9-12(13(10)16)17-14(19)15(2)6-4-3-5-7-15/h8-9,18H,3-7H2,1-2H3,(H,17,19). The SMILES string of the molecule is Cc1cc(O)cc(NC(=O)C2(C)CCCCC2)c1Cl. The molecule has 1 aromatic carbocycles. The number of rotatable bonds is 2. The van der Waals surface area contributed by atoms with Gasteiger partial charge in [0.2, 0.25) is 5.91 Å². The van der Waals surface area contributed by atoms with Crippen molar-refractivity contribution in [1.29, 1.82) is 0 Å². The number of amides is 1. The molecule has 0 aliphatic heterocycles. The Labute approximate surface area is 119 Å². The van der Waals surface area contributed by atoms with E-state index < -0.39 is 0 Å². The molecular formula is C15H20ClNO2. The van der Waals surface area contributed by atoms with Gasteiger partial charge >= 0.3 is 0 Å². The van der Waals surface area contributed by atoms with Crippen LogP contribution in [0.5, 0.6) is 5.75 Å². The third-order valence-electron chi connectivity index (χ3n) is 3.99. The summed E-state index contributed by atoms with van der Waals surface area (Å²) in [6.45, 7) is 3.81. The van der Waals surface area contributed by atoms with E-state index >= 15 is 0 Å². The lowest BCUT2D eigenvalue weighted by Gasteiger charge is -2.32. The number of carbonyl (C=O) groups excluding carboxylic acids is 1. The highest BCUT2D eigenvalue weighted by Crippen LogP contribution is 2.38. The van der Waals surface area contributed by atoms with Crippen molar-refractivity contribution in [2.75, 3.05) is 5.32 Å². The Hall–Kier alpha value is -1.22. The van der Waals surface area contributed by atoms with Gasteiger partial charge in [-0.15, -0.1) is 0 Å². The van der Waals surface area contributed by atoms with Gasteiger partial charge in [-0.3, -0.25) is 4.79 Å². The maximum Gasteiger partial charge on any atom is 0.230 e. The van der Waals surface area contributed by atoms with Gasteiger partial charge in [-0.05, 0) is 31.4 Å². The fourth-order valence-electron chi connectivity index (χ4n) is 2.67. The lowest BCUT2D eigenvalue weighted by Crippen LogP contribution is -2.35. The van der Waals surface area contributed by atoms with Gasteiger partial charge in [-0.1, -0.05) is 37.8 Å². The van der Waals surface area contributed by atoms with Gasteiger partial charge in [-0.2, -0.15) is 0 Å². The van der Waals surface area contributed by atoms with E-state index in [0.717, 1.165) is 31.2 Å². The van der Waals surface area contributed by atoms with E-state index in [1.54, 1.807) is 13.0 Å². The first-order chi connectivity index (χ1) is 8.92. The Balaban J connectivity index is 2.19. The summed E-state index contributed by atoms with van der Waals surface area (Å²) in [5.74, 6) is 0.116. The zero-order valence-corrected chi connectivity index (χ0v) is 12.2. The Kier molecular flexibility index (Phi) is 4.04. The van der Waals surface area contributed by atoms with Crippen molar-refractivity contribution < 1.29 is 9.90 Å². The number of aryl methyl sites for hydroxylation is 1. The molecule has 1 aromatic rings. The normalized spacial score (nSPS) is 18.1. The number of carbonyl (C=O) groups is 1. The molecule has 0 heterocycles. The number of halogens is 1. The van der Waals surface area contributed by atoms with E-state index in [4.69, 9.17) is 11.6 Å². The molecule has 1 fully saturated rings. The van der Waals surface area contributed by atoms with Gasteiger partial charge in [0.15, 0.2) is 0 Å². The lowest BCUT2D eigenvalue weighted by molar-refractivity contribution is -0.126. The quantitative estimate of drug-likeness (QED) is 0.851. The van der Waals surface area contributed by atoms with Crippen LogP contribution in [0.15, 0.2) is 12.1 Å². The molecule has 0 radical (unpaired) electrons. The van der Waals surface area contributed by atoms with Gasteiger partial charge in [-0.25, -0.2) is 0 Å². The van der Waals surface area contributed by atoms with Crippen molar-refractivity contribution in [3.05, 3.63) is 22.7 Å². The average molecular weight is 282 g/mol. The van der Waals surface area contributed by atoms with Gasteiger partial charge < -0.3 is 10.4 Å². The summed E-state index contributed by atoms with van der Waals surface area (Å²) in [6, 6.07) is 3.08. The largest absolute Gasteiger partial charge is 0.508 e. The molecule has 1 aliphatic carbocycles. The molecule has 2 rings (SSSR count). The molecule has 0 atom stereocenters. The Bertz CT molecular complexity index is 493. The van der Waals surface area contributed by atoms with Gasteiger partial charge in [0.05, 0.1) is 10.7 Å². The first kappa shape index (κ1) is 14.2. The zero-order chi connectivity index (χ0) is 14.0. The second-order valence-corrected chi connectivity index (χ2v) is 6.08. The molecule has 0 unspecified atom stereocenters. The monoisotopic (exact) mass is 281 g/mol. The average Bonchev–Trinajstić information content (AvgIpc) is 2.36. The van der Waals surface area contributed by atoms with E-state index in [1.165, 1.54) is 12.5 Å². The maximum absolute atomic E-state index is 12.4. The molecule has 0 bridgehead atoms. The molecule has 3 nitrogen and oxygen atoms in total. The Morgan fingerprint density at radius 2 is 1.95 bits per heavy atom. The minimum Gasteiger partial charge on any atom is -0.508 e. The Morgan fingerprint density at radius 1 is 1.32 bits per heavy atom. The van der Waals surface area contributed by atoms with Crippen LogP contribution < -0.4 is 5.32 Å². The molecule has 1 aliphatic rings. The van der Waals surface area contributed by atoms with Crippen LogP contribution >= 0.6 is 11.6 Å². The van der Waals surface area contributed by atoms with Gasteiger partial charge in [0, 0.05) is 11.5 Å². The van der Waals surface area contributed by atoms with Crippen LogP contribution in [0.25, 0.3) is 0 Å². The molecule has 104 valence electrons. The van der Waals surface area contributed by atoms with E-state index in [1.807, 2.05) is 6.92 Å². The topological polar surface area (TPSA) is 49.3 Å². The van der Waals surface area contributed by atoms with Crippen molar-refractivity contribution in [1.82, 2.24) is 0 Å². The maximum atomic E-state index is 12.4. The van der Waals surface area contributed by atoms with E-state index in [2.05, 4.69) is 5.32 Å². The van der Waals surface area contributed by atoms with Crippen molar-refractivity contribution in [3.8, 4) is 5.75 Å². The summed E-state index contributed by atoms with van der Waals surface area (Å²) in [6.07, 6.45) is 5.21. The molecule has 2 N–H and O–H groups in total. The second-order valence-electron chi connectivity index (χ2n) is 5.70. The molecule has 1 amide bonds. The first-order valence-electron chi connectivity index (χ1n) is 6.73. The summed E-state index contributed by atoms with van der Waals surface area (Å²) >= 11 is 6.17.